The molecule has 158 valence electrons. The van der Waals surface area contributed by atoms with Gasteiger partial charge in [-0.25, -0.2) is 13.8 Å². The van der Waals surface area contributed by atoms with Gasteiger partial charge < -0.3 is 9.88 Å². The number of nitrogens with one attached hydrogen (secondary N) is 1. The highest BCUT2D eigenvalue weighted by atomic mass is 19.1. The summed E-state index contributed by atoms with van der Waals surface area (Å²) in [6.45, 7) is 3.39. The maximum Gasteiger partial charge on any atom is 0.336 e. The summed E-state index contributed by atoms with van der Waals surface area (Å²) in [5.41, 5.74) is 2.17. The fourth-order valence-corrected chi connectivity index (χ4v) is 3.61. The summed E-state index contributed by atoms with van der Waals surface area (Å²) in [6, 6.07) is 14.1. The SMILES string of the molecule is Cc1cccc(-n2c(=O)c3c(cc(C)n3C)n(CC(=O)Nc3ccc(F)cc3)c2=O)c1. The number of amides is 1. The van der Waals surface area contributed by atoms with Crippen LogP contribution in [0.2, 0.25) is 0 Å². The van der Waals surface area contributed by atoms with Crippen LogP contribution in [0.5, 0.6) is 0 Å². The van der Waals surface area contributed by atoms with Gasteiger partial charge in [0.25, 0.3) is 5.56 Å². The van der Waals surface area contributed by atoms with Gasteiger partial charge in [-0.3, -0.25) is 14.2 Å². The topological polar surface area (TPSA) is 78.0 Å². The number of rotatable bonds is 4. The maximum absolute atomic E-state index is 13.4. The Hall–Kier alpha value is -3.94. The lowest BCUT2D eigenvalue weighted by atomic mass is 10.2. The Bertz CT molecular complexity index is 1430. The molecular formula is C23H21FN4O3. The summed E-state index contributed by atoms with van der Waals surface area (Å²) < 4.78 is 17.2. The number of benzene rings is 2. The second kappa shape index (κ2) is 7.71. The van der Waals surface area contributed by atoms with Crippen molar-refractivity contribution in [2.45, 2.75) is 20.4 Å². The highest BCUT2D eigenvalue weighted by Gasteiger charge is 2.20. The van der Waals surface area contributed by atoms with E-state index in [1.54, 1.807) is 35.9 Å². The van der Waals surface area contributed by atoms with Gasteiger partial charge in [-0.15, -0.1) is 0 Å². The van der Waals surface area contributed by atoms with E-state index in [1.165, 1.54) is 28.8 Å². The third-order valence-electron chi connectivity index (χ3n) is 5.26. The number of halogens is 1. The molecule has 2 aromatic heterocycles. The van der Waals surface area contributed by atoms with Crippen molar-refractivity contribution in [3.8, 4) is 5.69 Å². The molecule has 0 bridgehead atoms. The average molecular weight is 420 g/mol. The van der Waals surface area contributed by atoms with Gasteiger partial charge in [-0.1, -0.05) is 12.1 Å². The largest absolute Gasteiger partial charge is 0.342 e. The fourth-order valence-electron chi connectivity index (χ4n) is 3.61. The molecule has 31 heavy (non-hydrogen) atoms. The Balaban J connectivity index is 1.87. The molecule has 0 aliphatic heterocycles. The maximum atomic E-state index is 13.4. The molecule has 7 nitrogen and oxygen atoms in total. The van der Waals surface area contributed by atoms with Gasteiger partial charge in [-0.05, 0) is 61.9 Å². The van der Waals surface area contributed by atoms with E-state index in [4.69, 9.17) is 0 Å². The Kier molecular flexibility index (Phi) is 5.06. The summed E-state index contributed by atoms with van der Waals surface area (Å²) in [5, 5.41) is 2.65. The van der Waals surface area contributed by atoms with Crippen LogP contribution in [-0.4, -0.2) is 19.6 Å². The van der Waals surface area contributed by atoms with Crippen LogP contribution in [0, 0.1) is 19.7 Å². The third kappa shape index (κ3) is 3.68. The zero-order valence-corrected chi connectivity index (χ0v) is 17.3. The smallest absolute Gasteiger partial charge is 0.336 e. The van der Waals surface area contributed by atoms with Crippen molar-refractivity contribution in [2.24, 2.45) is 7.05 Å². The first-order valence-corrected chi connectivity index (χ1v) is 9.70. The Labute approximate surface area is 177 Å². The van der Waals surface area contributed by atoms with Gasteiger partial charge in [0.05, 0.1) is 11.2 Å². The normalized spacial score (nSPS) is 11.1. The highest BCUT2D eigenvalue weighted by molar-refractivity contribution is 5.91. The summed E-state index contributed by atoms with van der Waals surface area (Å²) in [7, 11) is 1.74. The number of hydrogen-bond donors (Lipinski definition) is 1. The van der Waals surface area contributed by atoms with Crippen molar-refractivity contribution >= 4 is 22.6 Å². The molecule has 8 heteroatoms. The lowest BCUT2D eigenvalue weighted by molar-refractivity contribution is -0.116. The second-order valence-corrected chi connectivity index (χ2v) is 7.48. The number of carbonyl (C=O) groups is 1. The van der Waals surface area contributed by atoms with Crippen molar-refractivity contribution < 1.29 is 9.18 Å². The number of aryl methyl sites for hydroxylation is 3. The predicted octanol–water partition coefficient (Wildman–Crippen LogP) is 2.89. The Morgan fingerprint density at radius 3 is 2.42 bits per heavy atom. The number of carbonyl (C=O) groups excluding carboxylic acids is 1. The average Bonchev–Trinajstić information content (AvgIpc) is 3.02. The van der Waals surface area contributed by atoms with Crippen molar-refractivity contribution in [1.82, 2.24) is 13.7 Å². The zero-order valence-electron chi connectivity index (χ0n) is 17.3. The van der Waals surface area contributed by atoms with E-state index < -0.39 is 23.0 Å². The second-order valence-electron chi connectivity index (χ2n) is 7.48. The lowest BCUT2D eigenvalue weighted by Gasteiger charge is -2.13. The molecule has 0 aliphatic rings. The van der Waals surface area contributed by atoms with E-state index in [-0.39, 0.29) is 6.54 Å². The molecule has 1 N–H and O–H groups in total. The van der Waals surface area contributed by atoms with Crippen LogP contribution in [0.4, 0.5) is 10.1 Å². The van der Waals surface area contributed by atoms with Crippen LogP contribution < -0.4 is 16.6 Å². The van der Waals surface area contributed by atoms with Crippen LogP contribution in [0.3, 0.4) is 0 Å². The van der Waals surface area contributed by atoms with Gasteiger partial charge in [-0.2, -0.15) is 0 Å². The van der Waals surface area contributed by atoms with Gasteiger partial charge in [0.15, 0.2) is 0 Å². The van der Waals surface area contributed by atoms with Crippen LogP contribution in [0.15, 0.2) is 64.2 Å². The van der Waals surface area contributed by atoms with Crippen molar-refractivity contribution in [2.75, 3.05) is 5.32 Å². The van der Waals surface area contributed by atoms with Crippen molar-refractivity contribution in [3.05, 3.63) is 92.5 Å². The number of aromatic nitrogens is 3. The molecule has 0 fully saturated rings. The molecule has 1 amide bonds. The molecule has 0 saturated carbocycles. The molecule has 2 aromatic carbocycles. The molecular weight excluding hydrogens is 399 g/mol. The van der Waals surface area contributed by atoms with E-state index in [0.29, 0.717) is 22.4 Å². The van der Waals surface area contributed by atoms with E-state index in [9.17, 15) is 18.8 Å². The van der Waals surface area contributed by atoms with Gasteiger partial charge in [0.2, 0.25) is 5.91 Å². The van der Waals surface area contributed by atoms with Crippen molar-refractivity contribution in [1.29, 1.82) is 0 Å². The van der Waals surface area contributed by atoms with Gasteiger partial charge in [0.1, 0.15) is 17.9 Å². The summed E-state index contributed by atoms with van der Waals surface area (Å²) >= 11 is 0. The summed E-state index contributed by atoms with van der Waals surface area (Å²) in [5.74, 6) is -0.883. The molecule has 0 aliphatic carbocycles. The first-order chi connectivity index (χ1) is 14.8. The van der Waals surface area contributed by atoms with E-state index in [2.05, 4.69) is 5.32 Å². The molecule has 0 radical (unpaired) electrons. The molecule has 0 spiro atoms. The Morgan fingerprint density at radius 1 is 1.03 bits per heavy atom. The number of fused-ring (bicyclic) bond motifs is 1. The number of nitrogens with zero attached hydrogens (tertiary/aromatic N) is 3. The van der Waals surface area contributed by atoms with Crippen LogP contribution in [-0.2, 0) is 18.4 Å². The fraction of sp³-hybridized carbons (Fsp3) is 0.174. The zero-order chi connectivity index (χ0) is 22.3. The molecule has 0 atom stereocenters. The summed E-state index contributed by atoms with van der Waals surface area (Å²) in [6.07, 6.45) is 0. The van der Waals surface area contributed by atoms with Crippen LogP contribution in [0.1, 0.15) is 11.3 Å². The van der Waals surface area contributed by atoms with E-state index >= 15 is 0 Å². The van der Waals surface area contributed by atoms with Crippen LogP contribution >= 0.6 is 0 Å². The van der Waals surface area contributed by atoms with Crippen molar-refractivity contribution in [3.63, 3.8) is 0 Å². The number of anilines is 1. The van der Waals surface area contributed by atoms with Gasteiger partial charge in [0, 0.05) is 18.4 Å². The van der Waals surface area contributed by atoms with E-state index in [0.717, 1.165) is 15.8 Å². The van der Waals surface area contributed by atoms with Crippen LogP contribution in [0.25, 0.3) is 16.7 Å². The Morgan fingerprint density at radius 2 is 1.74 bits per heavy atom. The molecule has 0 unspecified atom stereocenters. The molecule has 4 aromatic rings. The standard InChI is InChI=1S/C23H21FN4O3/c1-14-5-4-6-18(11-14)28-22(30)21-19(12-15(2)26(21)3)27(23(28)31)13-20(29)25-17-9-7-16(24)8-10-17/h4-12H,13H2,1-3H3,(H,25,29). The molecule has 0 saturated heterocycles. The first-order valence-electron chi connectivity index (χ1n) is 9.70. The number of hydrogen-bond acceptors (Lipinski definition) is 3. The third-order valence-corrected chi connectivity index (χ3v) is 5.26. The molecule has 2 heterocycles. The molecule has 4 rings (SSSR count). The monoisotopic (exact) mass is 420 g/mol. The minimum Gasteiger partial charge on any atom is -0.342 e. The summed E-state index contributed by atoms with van der Waals surface area (Å²) in [4.78, 5) is 39.3. The predicted molar refractivity (Wildman–Crippen MR) is 117 cm³/mol. The minimum atomic E-state index is -0.608. The quantitative estimate of drug-likeness (QED) is 0.552. The highest BCUT2D eigenvalue weighted by Crippen LogP contribution is 2.16. The minimum absolute atomic E-state index is 0.303. The first kappa shape index (κ1) is 20.3. The van der Waals surface area contributed by atoms with E-state index in [1.807, 2.05) is 19.9 Å². The lowest BCUT2D eigenvalue weighted by Crippen LogP contribution is -2.41. The van der Waals surface area contributed by atoms with Gasteiger partial charge >= 0.3 is 5.69 Å².